The molecule has 24 heavy (non-hydrogen) atoms. The minimum atomic E-state index is -0.195. The molecule has 133 valence electrons. The SMILES string of the molecule is C=CC1CCC(C2CC=C(C3CCC(OC)CC3O)CC2)CC1.[Y]. The first kappa shape index (κ1) is 20.8. The van der Waals surface area contributed by atoms with Gasteiger partial charge in [-0.1, -0.05) is 17.7 Å². The van der Waals surface area contributed by atoms with Gasteiger partial charge in [0.05, 0.1) is 12.2 Å². The standard InChI is InChI=1S/C21H34O2.Y/c1-3-15-4-6-16(7-5-15)17-8-10-18(11-9-17)20-13-12-19(23-2)14-21(20)22;/h3,10,15-17,19-22H,1,4-9,11-14H2,2H3;. The zero-order valence-electron chi connectivity index (χ0n) is 15.3. The van der Waals surface area contributed by atoms with Crippen LogP contribution < -0.4 is 0 Å². The van der Waals surface area contributed by atoms with Gasteiger partial charge in [0.1, 0.15) is 0 Å². The summed E-state index contributed by atoms with van der Waals surface area (Å²) in [5.41, 5.74) is 1.54. The number of aliphatic hydroxyl groups is 1. The Hall–Kier alpha value is 0.504. The zero-order valence-corrected chi connectivity index (χ0v) is 18.2. The van der Waals surface area contributed by atoms with Crippen molar-refractivity contribution in [3.63, 3.8) is 0 Å². The van der Waals surface area contributed by atoms with Gasteiger partial charge in [0.15, 0.2) is 0 Å². The van der Waals surface area contributed by atoms with Crippen molar-refractivity contribution >= 4 is 0 Å². The van der Waals surface area contributed by atoms with Crippen LogP contribution in [0.3, 0.4) is 0 Å². The fourth-order valence-electron chi connectivity index (χ4n) is 5.25. The van der Waals surface area contributed by atoms with E-state index in [1.165, 1.54) is 44.9 Å². The summed E-state index contributed by atoms with van der Waals surface area (Å²) in [7, 11) is 1.77. The normalized spacial score (nSPS) is 40.3. The third-order valence-electron chi connectivity index (χ3n) is 6.88. The molecule has 0 heterocycles. The molecule has 4 unspecified atom stereocenters. The molecule has 0 bridgehead atoms. The summed E-state index contributed by atoms with van der Waals surface area (Å²) in [5, 5.41) is 10.5. The Morgan fingerprint density at radius 3 is 2.38 bits per heavy atom. The molecule has 3 rings (SSSR count). The quantitative estimate of drug-likeness (QED) is 0.674. The van der Waals surface area contributed by atoms with Crippen LogP contribution in [0.5, 0.6) is 0 Å². The van der Waals surface area contributed by atoms with Crippen molar-refractivity contribution in [1.29, 1.82) is 0 Å². The minimum absolute atomic E-state index is 0. The second-order valence-electron chi connectivity index (χ2n) is 8.07. The first-order valence-corrected chi connectivity index (χ1v) is 9.73. The van der Waals surface area contributed by atoms with Crippen LogP contribution in [0.1, 0.15) is 64.2 Å². The van der Waals surface area contributed by atoms with Gasteiger partial charge in [0.25, 0.3) is 0 Å². The van der Waals surface area contributed by atoms with Gasteiger partial charge in [-0.15, -0.1) is 6.58 Å². The van der Waals surface area contributed by atoms with Crippen LogP contribution in [0.15, 0.2) is 24.3 Å². The molecule has 2 nitrogen and oxygen atoms in total. The van der Waals surface area contributed by atoms with Gasteiger partial charge in [-0.25, -0.2) is 0 Å². The van der Waals surface area contributed by atoms with E-state index < -0.39 is 0 Å². The maximum absolute atomic E-state index is 10.5. The van der Waals surface area contributed by atoms with Gasteiger partial charge in [-0.3, -0.25) is 0 Å². The topological polar surface area (TPSA) is 29.5 Å². The smallest absolute Gasteiger partial charge is 0.0630 e. The number of hydrogen-bond donors (Lipinski definition) is 1. The van der Waals surface area contributed by atoms with Gasteiger partial charge in [0, 0.05) is 52.2 Å². The predicted molar refractivity (Wildman–Crippen MR) is 95.2 cm³/mol. The average molecular weight is 407 g/mol. The molecule has 2 fully saturated rings. The summed E-state index contributed by atoms with van der Waals surface area (Å²) in [6, 6.07) is 0. The van der Waals surface area contributed by atoms with Crippen molar-refractivity contribution in [1.82, 2.24) is 0 Å². The van der Waals surface area contributed by atoms with E-state index in [0.29, 0.717) is 5.92 Å². The van der Waals surface area contributed by atoms with E-state index in [1.54, 1.807) is 12.7 Å². The van der Waals surface area contributed by atoms with Crippen LogP contribution in [0, 0.1) is 23.7 Å². The van der Waals surface area contributed by atoms with Crippen molar-refractivity contribution in [2.45, 2.75) is 76.4 Å². The summed E-state index contributed by atoms with van der Waals surface area (Å²) in [6.07, 6.45) is 17.0. The molecule has 1 radical (unpaired) electrons. The molecule has 0 aromatic carbocycles. The Bertz CT molecular complexity index is 426. The number of ether oxygens (including phenoxy) is 1. The summed E-state index contributed by atoms with van der Waals surface area (Å²) in [6.45, 7) is 3.96. The van der Waals surface area contributed by atoms with E-state index in [2.05, 4.69) is 18.7 Å². The summed E-state index contributed by atoms with van der Waals surface area (Å²) in [4.78, 5) is 0. The number of hydrogen-bond acceptors (Lipinski definition) is 2. The third-order valence-corrected chi connectivity index (χ3v) is 6.88. The molecule has 0 aromatic heterocycles. The van der Waals surface area contributed by atoms with Crippen LogP contribution in [0.25, 0.3) is 0 Å². The molecule has 0 amide bonds. The predicted octanol–water partition coefficient (Wildman–Crippen LogP) is 4.88. The Morgan fingerprint density at radius 1 is 1.08 bits per heavy atom. The molecule has 3 heteroatoms. The Balaban J connectivity index is 0.00000208. The van der Waals surface area contributed by atoms with Crippen LogP contribution in [0.2, 0.25) is 0 Å². The monoisotopic (exact) mass is 407 g/mol. The fraction of sp³-hybridized carbons (Fsp3) is 0.810. The van der Waals surface area contributed by atoms with Crippen molar-refractivity contribution in [2.75, 3.05) is 7.11 Å². The summed E-state index contributed by atoms with van der Waals surface area (Å²) in [5.74, 6) is 2.99. The third kappa shape index (κ3) is 5.03. The van der Waals surface area contributed by atoms with Gasteiger partial charge in [-0.05, 0) is 75.5 Å². The van der Waals surface area contributed by atoms with E-state index in [4.69, 9.17) is 4.74 Å². The molecule has 4 atom stereocenters. The second-order valence-corrected chi connectivity index (χ2v) is 8.07. The number of aliphatic hydroxyl groups excluding tert-OH is 1. The molecule has 2 saturated carbocycles. The van der Waals surface area contributed by atoms with Gasteiger partial charge in [-0.2, -0.15) is 0 Å². The fourth-order valence-corrected chi connectivity index (χ4v) is 5.25. The van der Waals surface area contributed by atoms with Gasteiger partial charge < -0.3 is 9.84 Å². The molecule has 0 saturated heterocycles. The maximum Gasteiger partial charge on any atom is 0.0630 e. The van der Waals surface area contributed by atoms with E-state index in [1.807, 2.05) is 0 Å². The Kier molecular flexibility index (Phi) is 8.67. The number of methoxy groups -OCH3 is 1. The molecule has 3 aliphatic rings. The van der Waals surface area contributed by atoms with Crippen LogP contribution >= 0.6 is 0 Å². The van der Waals surface area contributed by atoms with Gasteiger partial charge in [0.2, 0.25) is 0 Å². The van der Waals surface area contributed by atoms with Crippen molar-refractivity contribution in [3.8, 4) is 0 Å². The molecule has 1 N–H and O–H groups in total. The molecular weight excluding hydrogens is 373 g/mol. The minimum Gasteiger partial charge on any atom is -0.392 e. The Morgan fingerprint density at radius 2 is 1.83 bits per heavy atom. The van der Waals surface area contributed by atoms with E-state index in [0.717, 1.165) is 37.0 Å². The molecule has 3 aliphatic carbocycles. The Labute approximate surface area is 173 Å². The molecule has 0 aliphatic heterocycles. The molecule has 0 spiro atoms. The van der Waals surface area contributed by atoms with Crippen molar-refractivity contribution < 1.29 is 42.6 Å². The van der Waals surface area contributed by atoms with Crippen LogP contribution in [0.4, 0.5) is 0 Å². The first-order valence-electron chi connectivity index (χ1n) is 9.73. The molecular formula is C21H34O2Y. The number of allylic oxidation sites excluding steroid dienone is 2. The van der Waals surface area contributed by atoms with Crippen molar-refractivity contribution in [3.05, 3.63) is 24.3 Å². The van der Waals surface area contributed by atoms with E-state index in [9.17, 15) is 5.11 Å². The summed E-state index contributed by atoms with van der Waals surface area (Å²) < 4.78 is 5.42. The molecule has 0 aromatic rings. The summed E-state index contributed by atoms with van der Waals surface area (Å²) >= 11 is 0. The zero-order chi connectivity index (χ0) is 16.2. The first-order chi connectivity index (χ1) is 11.2. The van der Waals surface area contributed by atoms with E-state index >= 15 is 0 Å². The van der Waals surface area contributed by atoms with Crippen molar-refractivity contribution in [2.24, 2.45) is 23.7 Å². The number of rotatable bonds is 4. The van der Waals surface area contributed by atoms with Crippen LogP contribution in [-0.2, 0) is 37.4 Å². The van der Waals surface area contributed by atoms with Gasteiger partial charge >= 0.3 is 0 Å². The average Bonchev–Trinajstić information content (AvgIpc) is 2.62. The second kappa shape index (κ2) is 10.00. The van der Waals surface area contributed by atoms with Crippen LogP contribution in [-0.4, -0.2) is 24.4 Å². The van der Waals surface area contributed by atoms with E-state index in [-0.39, 0.29) is 44.9 Å². The maximum atomic E-state index is 10.5. The largest absolute Gasteiger partial charge is 0.392 e.